The van der Waals surface area contributed by atoms with Gasteiger partial charge in [0, 0.05) is 10.0 Å². The normalized spacial score (nSPS) is 11.4. The zero-order chi connectivity index (χ0) is 13.1. The Morgan fingerprint density at radius 1 is 1.35 bits per heavy atom. The fourth-order valence-electron chi connectivity index (χ4n) is 1.62. The van der Waals surface area contributed by atoms with Gasteiger partial charge in [-0.3, -0.25) is 4.79 Å². The van der Waals surface area contributed by atoms with Gasteiger partial charge in [-0.05, 0) is 38.6 Å². The van der Waals surface area contributed by atoms with Crippen molar-refractivity contribution in [3.63, 3.8) is 0 Å². The van der Waals surface area contributed by atoms with Gasteiger partial charge in [-0.2, -0.15) is 0 Å². The summed E-state index contributed by atoms with van der Waals surface area (Å²) in [4.78, 5) is 11.6. The van der Waals surface area contributed by atoms with E-state index >= 15 is 0 Å². The second-order valence-corrected chi connectivity index (χ2v) is 5.17. The summed E-state index contributed by atoms with van der Waals surface area (Å²) in [6.07, 6.45) is 0. The number of carbonyl (C=O) groups is 1. The molecule has 1 aromatic carbocycles. The van der Waals surface area contributed by atoms with Gasteiger partial charge in [0.15, 0.2) is 0 Å². The smallest absolute Gasteiger partial charge is 0.234 e. The Kier molecular flexibility index (Phi) is 4.80. The molecule has 3 nitrogen and oxygen atoms in total. The summed E-state index contributed by atoms with van der Waals surface area (Å²) < 4.78 is 0. The first-order valence-corrected chi connectivity index (χ1v) is 6.03. The topological polar surface area (TPSA) is 41.1 Å². The minimum absolute atomic E-state index is 0.0801. The Balaban J connectivity index is 2.92. The lowest BCUT2D eigenvalue weighted by molar-refractivity contribution is -0.121. The average molecular weight is 275 g/mol. The zero-order valence-corrected chi connectivity index (χ0v) is 11.6. The molecule has 0 unspecified atom stereocenters. The van der Waals surface area contributed by atoms with Crippen molar-refractivity contribution in [1.82, 2.24) is 10.6 Å². The minimum atomic E-state index is -0.532. The van der Waals surface area contributed by atoms with Gasteiger partial charge >= 0.3 is 0 Å². The highest BCUT2D eigenvalue weighted by atomic mass is 35.5. The molecule has 94 valence electrons. The summed E-state index contributed by atoms with van der Waals surface area (Å²) in [5.74, 6) is -0.0801. The van der Waals surface area contributed by atoms with E-state index in [1.54, 1.807) is 19.2 Å². The third-order valence-corrected chi connectivity index (χ3v) is 2.94. The van der Waals surface area contributed by atoms with E-state index in [1.807, 2.05) is 19.9 Å². The van der Waals surface area contributed by atoms with Crippen molar-refractivity contribution >= 4 is 29.1 Å². The molecular weight excluding hydrogens is 259 g/mol. The van der Waals surface area contributed by atoms with Crippen LogP contribution in [0, 0.1) is 0 Å². The second-order valence-electron chi connectivity index (χ2n) is 4.33. The maximum absolute atomic E-state index is 11.6. The molecular formula is C12H16Cl2N2O. The lowest BCUT2D eigenvalue weighted by Gasteiger charge is -2.28. The fourth-order valence-corrected chi connectivity index (χ4v) is 2.26. The number of benzene rings is 1. The molecule has 1 aromatic rings. The van der Waals surface area contributed by atoms with Gasteiger partial charge in [0.2, 0.25) is 5.91 Å². The summed E-state index contributed by atoms with van der Waals surface area (Å²) in [7, 11) is 1.72. The van der Waals surface area contributed by atoms with Gasteiger partial charge in [-0.25, -0.2) is 0 Å². The second kappa shape index (κ2) is 5.71. The molecule has 2 N–H and O–H groups in total. The van der Waals surface area contributed by atoms with E-state index in [4.69, 9.17) is 23.2 Å². The molecule has 0 radical (unpaired) electrons. The summed E-state index contributed by atoms with van der Waals surface area (Å²) >= 11 is 12.0. The summed E-state index contributed by atoms with van der Waals surface area (Å²) in [6.45, 7) is 4.07. The Labute approximate surface area is 111 Å². The van der Waals surface area contributed by atoms with Crippen molar-refractivity contribution in [1.29, 1.82) is 0 Å². The van der Waals surface area contributed by atoms with Gasteiger partial charge in [0.25, 0.3) is 0 Å². The molecule has 17 heavy (non-hydrogen) atoms. The van der Waals surface area contributed by atoms with Crippen molar-refractivity contribution in [2.75, 3.05) is 13.6 Å². The zero-order valence-electron chi connectivity index (χ0n) is 10.1. The highest BCUT2D eigenvalue weighted by Crippen LogP contribution is 2.29. The first kappa shape index (κ1) is 14.3. The molecule has 0 aliphatic heterocycles. The molecule has 0 aliphatic rings. The predicted molar refractivity (Wildman–Crippen MR) is 71.6 cm³/mol. The summed E-state index contributed by atoms with van der Waals surface area (Å²) in [6, 6.07) is 5.25. The van der Waals surface area contributed by atoms with Gasteiger partial charge in [0.05, 0.1) is 12.1 Å². The van der Waals surface area contributed by atoms with E-state index in [0.29, 0.717) is 10.0 Å². The Morgan fingerprint density at radius 3 is 2.53 bits per heavy atom. The van der Waals surface area contributed by atoms with Crippen LogP contribution >= 0.6 is 23.2 Å². The third kappa shape index (κ3) is 3.87. The SMILES string of the molecule is CNCC(=O)NC(C)(C)c1ccc(Cl)cc1Cl. The molecule has 0 atom stereocenters. The first-order chi connectivity index (χ1) is 7.86. The van der Waals surface area contributed by atoms with E-state index in [2.05, 4.69) is 10.6 Å². The monoisotopic (exact) mass is 274 g/mol. The van der Waals surface area contributed by atoms with Crippen LogP contribution in [0.2, 0.25) is 10.0 Å². The molecule has 0 aliphatic carbocycles. The molecule has 5 heteroatoms. The van der Waals surface area contributed by atoms with Crippen LogP contribution in [-0.4, -0.2) is 19.5 Å². The number of likely N-dealkylation sites (N-methyl/N-ethyl adjacent to an activating group) is 1. The van der Waals surface area contributed by atoms with Crippen molar-refractivity contribution < 1.29 is 4.79 Å². The quantitative estimate of drug-likeness (QED) is 0.886. The van der Waals surface area contributed by atoms with Crippen LogP contribution in [-0.2, 0) is 10.3 Å². The lowest BCUT2D eigenvalue weighted by Crippen LogP contribution is -2.44. The van der Waals surface area contributed by atoms with Crippen molar-refractivity contribution in [3.05, 3.63) is 33.8 Å². The van der Waals surface area contributed by atoms with Crippen LogP contribution in [0.1, 0.15) is 19.4 Å². The number of halogens is 2. The lowest BCUT2D eigenvalue weighted by atomic mass is 9.94. The van der Waals surface area contributed by atoms with Crippen LogP contribution in [0.15, 0.2) is 18.2 Å². The number of hydrogen-bond acceptors (Lipinski definition) is 2. The van der Waals surface area contributed by atoms with E-state index in [0.717, 1.165) is 5.56 Å². The Hall–Kier alpha value is -0.770. The van der Waals surface area contributed by atoms with Crippen molar-refractivity contribution in [2.24, 2.45) is 0 Å². The highest BCUT2D eigenvalue weighted by molar-refractivity contribution is 6.35. The van der Waals surface area contributed by atoms with Gasteiger partial charge in [0.1, 0.15) is 0 Å². The Morgan fingerprint density at radius 2 is 2.00 bits per heavy atom. The number of nitrogens with one attached hydrogen (secondary N) is 2. The maximum atomic E-state index is 11.6. The van der Waals surface area contributed by atoms with E-state index in [1.165, 1.54) is 0 Å². The molecule has 0 saturated heterocycles. The minimum Gasteiger partial charge on any atom is -0.346 e. The van der Waals surface area contributed by atoms with Gasteiger partial charge in [-0.15, -0.1) is 0 Å². The number of hydrogen-bond donors (Lipinski definition) is 2. The molecule has 0 heterocycles. The summed E-state index contributed by atoms with van der Waals surface area (Å²) in [5.41, 5.74) is 0.309. The first-order valence-electron chi connectivity index (χ1n) is 5.28. The van der Waals surface area contributed by atoms with Crippen LogP contribution in [0.25, 0.3) is 0 Å². The fraction of sp³-hybridized carbons (Fsp3) is 0.417. The molecule has 0 fully saturated rings. The highest BCUT2D eigenvalue weighted by Gasteiger charge is 2.24. The molecule has 0 aromatic heterocycles. The average Bonchev–Trinajstić information content (AvgIpc) is 2.15. The number of rotatable bonds is 4. The van der Waals surface area contributed by atoms with Crippen molar-refractivity contribution in [2.45, 2.75) is 19.4 Å². The number of carbonyl (C=O) groups excluding carboxylic acids is 1. The van der Waals surface area contributed by atoms with Gasteiger partial charge in [-0.1, -0.05) is 29.3 Å². The molecule has 0 saturated carbocycles. The summed E-state index contributed by atoms with van der Waals surface area (Å²) in [5, 5.41) is 6.83. The number of amides is 1. The largest absolute Gasteiger partial charge is 0.346 e. The van der Waals surface area contributed by atoms with Crippen LogP contribution < -0.4 is 10.6 Å². The maximum Gasteiger partial charge on any atom is 0.234 e. The van der Waals surface area contributed by atoms with E-state index < -0.39 is 5.54 Å². The molecule has 0 bridgehead atoms. The van der Waals surface area contributed by atoms with Crippen molar-refractivity contribution in [3.8, 4) is 0 Å². The molecule has 1 rings (SSSR count). The van der Waals surface area contributed by atoms with Crippen LogP contribution in [0.3, 0.4) is 0 Å². The van der Waals surface area contributed by atoms with Crippen LogP contribution in [0.4, 0.5) is 0 Å². The third-order valence-electron chi connectivity index (χ3n) is 2.39. The standard InChI is InChI=1S/C12H16Cl2N2O/c1-12(2,16-11(17)7-15-3)9-5-4-8(13)6-10(9)14/h4-6,15H,7H2,1-3H3,(H,16,17). The molecule has 1 amide bonds. The predicted octanol–water partition coefficient (Wildman–Crippen LogP) is 2.56. The molecule has 0 spiro atoms. The van der Waals surface area contributed by atoms with E-state index in [9.17, 15) is 4.79 Å². The van der Waals surface area contributed by atoms with E-state index in [-0.39, 0.29) is 12.5 Å². The van der Waals surface area contributed by atoms with Gasteiger partial charge < -0.3 is 10.6 Å². The van der Waals surface area contributed by atoms with Crippen LogP contribution in [0.5, 0.6) is 0 Å². The Bertz CT molecular complexity index is 419.